The SMILES string of the molecule is CCN(C(=O)[C@H]1CNC[C@@H]1c1cnn(C)c1)C(C)c1cc2ccccc2o1.Cl. The molecule has 1 fully saturated rings. The van der Waals surface area contributed by atoms with Crippen LogP contribution in [0.5, 0.6) is 0 Å². The predicted molar refractivity (Wildman–Crippen MR) is 112 cm³/mol. The van der Waals surface area contributed by atoms with Gasteiger partial charge in [0, 0.05) is 44.2 Å². The molecule has 1 saturated heterocycles. The van der Waals surface area contributed by atoms with E-state index < -0.39 is 0 Å². The van der Waals surface area contributed by atoms with Gasteiger partial charge in [0.15, 0.2) is 0 Å². The fourth-order valence-electron chi connectivity index (χ4n) is 4.12. The fraction of sp³-hybridized carbons (Fsp3) is 0.429. The second-order valence-corrected chi connectivity index (χ2v) is 7.31. The third-order valence-electron chi connectivity index (χ3n) is 5.63. The maximum Gasteiger partial charge on any atom is 0.228 e. The summed E-state index contributed by atoms with van der Waals surface area (Å²) in [6, 6.07) is 9.89. The van der Waals surface area contributed by atoms with Crippen LogP contribution in [0.25, 0.3) is 11.0 Å². The van der Waals surface area contributed by atoms with Crippen LogP contribution in [-0.2, 0) is 11.8 Å². The van der Waals surface area contributed by atoms with Crippen LogP contribution in [0, 0.1) is 5.92 Å². The van der Waals surface area contributed by atoms with Crippen LogP contribution in [0.2, 0.25) is 0 Å². The van der Waals surface area contributed by atoms with Crippen molar-refractivity contribution in [2.75, 3.05) is 19.6 Å². The molecule has 0 radical (unpaired) electrons. The lowest BCUT2D eigenvalue weighted by Gasteiger charge is -2.30. The van der Waals surface area contributed by atoms with Crippen molar-refractivity contribution in [3.63, 3.8) is 0 Å². The molecule has 150 valence electrons. The van der Waals surface area contributed by atoms with Crippen LogP contribution in [0.15, 0.2) is 47.1 Å². The van der Waals surface area contributed by atoms with Gasteiger partial charge in [-0.2, -0.15) is 5.10 Å². The number of benzene rings is 1. The largest absolute Gasteiger partial charge is 0.459 e. The van der Waals surface area contributed by atoms with Crippen molar-refractivity contribution >= 4 is 29.3 Å². The summed E-state index contributed by atoms with van der Waals surface area (Å²) in [4.78, 5) is 15.3. The molecular weight excluding hydrogens is 376 g/mol. The smallest absolute Gasteiger partial charge is 0.228 e. The van der Waals surface area contributed by atoms with Crippen molar-refractivity contribution < 1.29 is 9.21 Å². The number of para-hydroxylation sites is 1. The van der Waals surface area contributed by atoms with E-state index in [2.05, 4.69) is 10.4 Å². The number of amides is 1. The molecule has 0 spiro atoms. The fourth-order valence-corrected chi connectivity index (χ4v) is 4.12. The Bertz CT molecular complexity index is 918. The van der Waals surface area contributed by atoms with Crippen molar-refractivity contribution in [3.05, 3.63) is 54.0 Å². The second-order valence-electron chi connectivity index (χ2n) is 7.31. The predicted octanol–water partition coefficient (Wildman–Crippen LogP) is 3.50. The van der Waals surface area contributed by atoms with E-state index in [9.17, 15) is 4.79 Å². The molecule has 1 unspecified atom stereocenters. The molecule has 3 aromatic rings. The van der Waals surface area contributed by atoms with E-state index in [0.717, 1.165) is 28.8 Å². The number of halogens is 1. The normalized spacial score (nSPS) is 20.1. The first-order chi connectivity index (χ1) is 13.1. The van der Waals surface area contributed by atoms with Crippen molar-refractivity contribution in [2.24, 2.45) is 13.0 Å². The Hall–Kier alpha value is -2.31. The lowest BCUT2D eigenvalue weighted by molar-refractivity contribution is -0.137. The molecule has 1 aliphatic heterocycles. The standard InChI is InChI=1S/C21H26N4O2.ClH/c1-4-25(14(2)20-9-15-7-5-6-8-19(15)27-20)21(26)18-12-22-11-17(18)16-10-23-24(3)13-16;/h5-10,13-14,17-18,22H,4,11-12H2,1-3H3;1H/t14?,17-,18+;/m1./s1. The first kappa shape index (κ1) is 20.4. The number of carbonyl (C=O) groups excluding carboxylic acids is 1. The van der Waals surface area contributed by atoms with Gasteiger partial charge in [-0.25, -0.2) is 0 Å². The zero-order valence-electron chi connectivity index (χ0n) is 16.5. The molecular formula is C21H27ClN4O2. The molecule has 0 saturated carbocycles. The number of hydrogen-bond acceptors (Lipinski definition) is 4. The minimum atomic E-state index is -0.106. The minimum absolute atomic E-state index is 0. The van der Waals surface area contributed by atoms with Gasteiger partial charge in [0.25, 0.3) is 0 Å². The van der Waals surface area contributed by atoms with E-state index in [4.69, 9.17) is 4.42 Å². The first-order valence-corrected chi connectivity index (χ1v) is 9.56. The average Bonchev–Trinajstić information content (AvgIpc) is 3.40. The van der Waals surface area contributed by atoms with Gasteiger partial charge in [0.1, 0.15) is 11.3 Å². The van der Waals surface area contributed by atoms with Crippen LogP contribution in [-0.4, -0.2) is 40.2 Å². The molecule has 28 heavy (non-hydrogen) atoms. The van der Waals surface area contributed by atoms with Crippen LogP contribution in [0.1, 0.15) is 37.1 Å². The van der Waals surface area contributed by atoms with E-state index in [1.165, 1.54) is 0 Å². The maximum atomic E-state index is 13.4. The number of carbonyl (C=O) groups is 1. The van der Waals surface area contributed by atoms with Gasteiger partial charge in [0.05, 0.1) is 18.2 Å². The summed E-state index contributed by atoms with van der Waals surface area (Å²) in [5.74, 6) is 1.07. The van der Waals surface area contributed by atoms with Gasteiger partial charge < -0.3 is 14.6 Å². The number of aryl methyl sites for hydroxylation is 1. The number of fused-ring (bicyclic) bond motifs is 1. The van der Waals surface area contributed by atoms with Crippen LogP contribution >= 0.6 is 12.4 Å². The van der Waals surface area contributed by atoms with E-state index in [-0.39, 0.29) is 36.2 Å². The third kappa shape index (κ3) is 3.66. The van der Waals surface area contributed by atoms with Crippen molar-refractivity contribution in [1.82, 2.24) is 20.0 Å². The number of hydrogen-bond donors (Lipinski definition) is 1. The van der Waals surface area contributed by atoms with E-state index in [1.54, 1.807) is 4.68 Å². The number of furan rings is 1. The molecule has 3 atom stereocenters. The average molecular weight is 403 g/mol. The van der Waals surface area contributed by atoms with Gasteiger partial charge >= 0.3 is 0 Å². The first-order valence-electron chi connectivity index (χ1n) is 9.56. The molecule has 1 N–H and O–H groups in total. The quantitative estimate of drug-likeness (QED) is 0.709. The second kappa shape index (κ2) is 8.37. The molecule has 6 nitrogen and oxygen atoms in total. The van der Waals surface area contributed by atoms with Gasteiger partial charge in [-0.1, -0.05) is 18.2 Å². The van der Waals surface area contributed by atoms with E-state index in [0.29, 0.717) is 13.1 Å². The number of nitrogens with one attached hydrogen (secondary N) is 1. The Labute approximate surface area is 171 Å². The van der Waals surface area contributed by atoms with E-state index in [1.807, 2.05) is 68.5 Å². The highest BCUT2D eigenvalue weighted by Crippen LogP contribution is 2.33. The van der Waals surface area contributed by atoms with Crippen molar-refractivity contribution in [3.8, 4) is 0 Å². The molecule has 1 aromatic carbocycles. The molecule has 0 bridgehead atoms. The lowest BCUT2D eigenvalue weighted by atomic mass is 9.89. The molecule has 1 amide bonds. The Kier molecular flexibility index (Phi) is 6.10. The maximum absolute atomic E-state index is 13.4. The molecule has 3 heterocycles. The summed E-state index contributed by atoms with van der Waals surface area (Å²) in [6.45, 7) is 6.22. The summed E-state index contributed by atoms with van der Waals surface area (Å²) < 4.78 is 7.81. The highest BCUT2D eigenvalue weighted by molar-refractivity contribution is 5.85. The zero-order valence-corrected chi connectivity index (χ0v) is 17.3. The van der Waals surface area contributed by atoms with Crippen LogP contribution in [0.3, 0.4) is 0 Å². The topological polar surface area (TPSA) is 63.3 Å². The molecule has 2 aromatic heterocycles. The van der Waals surface area contributed by atoms with Crippen LogP contribution < -0.4 is 5.32 Å². The monoisotopic (exact) mass is 402 g/mol. The highest BCUT2D eigenvalue weighted by atomic mass is 35.5. The molecule has 4 rings (SSSR count). The summed E-state index contributed by atoms with van der Waals surface area (Å²) in [5.41, 5.74) is 1.98. The molecule has 1 aliphatic rings. The minimum Gasteiger partial charge on any atom is -0.459 e. The van der Waals surface area contributed by atoms with Crippen molar-refractivity contribution in [2.45, 2.75) is 25.8 Å². The number of nitrogens with zero attached hydrogens (tertiary/aromatic N) is 3. The van der Waals surface area contributed by atoms with Crippen molar-refractivity contribution in [1.29, 1.82) is 0 Å². The zero-order chi connectivity index (χ0) is 19.0. The van der Waals surface area contributed by atoms with E-state index >= 15 is 0 Å². The Morgan fingerprint density at radius 2 is 2.18 bits per heavy atom. The molecule has 7 heteroatoms. The van der Waals surface area contributed by atoms with Crippen LogP contribution in [0.4, 0.5) is 0 Å². The summed E-state index contributed by atoms with van der Waals surface area (Å²) in [6.07, 6.45) is 3.88. The summed E-state index contributed by atoms with van der Waals surface area (Å²) in [5, 5.41) is 8.73. The van der Waals surface area contributed by atoms with Gasteiger partial charge in [-0.05, 0) is 31.5 Å². The van der Waals surface area contributed by atoms with Gasteiger partial charge in [0.2, 0.25) is 5.91 Å². The number of rotatable bonds is 5. The highest BCUT2D eigenvalue weighted by Gasteiger charge is 2.38. The third-order valence-corrected chi connectivity index (χ3v) is 5.63. The number of aromatic nitrogens is 2. The Morgan fingerprint density at radius 1 is 1.39 bits per heavy atom. The lowest BCUT2D eigenvalue weighted by Crippen LogP contribution is -2.40. The summed E-state index contributed by atoms with van der Waals surface area (Å²) in [7, 11) is 1.91. The molecule has 0 aliphatic carbocycles. The van der Waals surface area contributed by atoms with Gasteiger partial charge in [-0.3, -0.25) is 9.48 Å². The summed E-state index contributed by atoms with van der Waals surface area (Å²) >= 11 is 0. The van der Waals surface area contributed by atoms with Gasteiger partial charge in [-0.15, -0.1) is 12.4 Å². The Morgan fingerprint density at radius 3 is 2.86 bits per heavy atom. The Balaban J connectivity index is 0.00000225.